The number of carbonyl (C=O) groups excluding carboxylic acids is 1. The number of amides is 1. The van der Waals surface area contributed by atoms with Gasteiger partial charge in [-0.3, -0.25) is 4.79 Å². The van der Waals surface area contributed by atoms with Crippen molar-refractivity contribution in [2.75, 3.05) is 12.3 Å². The first-order valence-electron chi connectivity index (χ1n) is 6.92. The molecule has 6 heteroatoms. The van der Waals surface area contributed by atoms with Crippen LogP contribution in [0.15, 0.2) is 53.4 Å². The Hall–Kier alpha value is -2.00. The highest BCUT2D eigenvalue weighted by molar-refractivity contribution is 8.00. The summed E-state index contributed by atoms with van der Waals surface area (Å²) in [6.45, 7) is 0.108. The number of hydrogen-bond acceptors (Lipinski definition) is 4. The van der Waals surface area contributed by atoms with Crippen LogP contribution < -0.4 is 5.32 Å². The first-order valence-corrected chi connectivity index (χ1v) is 8.28. The lowest BCUT2D eigenvalue weighted by atomic mass is 10.1. The first kappa shape index (κ1) is 17.4. The number of aliphatic hydroxyl groups excluding tert-OH is 1. The zero-order valence-electron chi connectivity index (χ0n) is 12.2. The van der Waals surface area contributed by atoms with Crippen molar-refractivity contribution in [2.45, 2.75) is 11.0 Å². The normalized spacial score (nSPS) is 11.5. The van der Waals surface area contributed by atoms with Crippen LogP contribution in [0.2, 0.25) is 5.02 Å². The summed E-state index contributed by atoms with van der Waals surface area (Å²) in [6.07, 6.45) is -0.840. The smallest absolute Gasteiger partial charge is 0.230 e. The summed E-state index contributed by atoms with van der Waals surface area (Å²) in [7, 11) is 0. The Bertz CT molecular complexity index is 713. The van der Waals surface area contributed by atoms with E-state index in [4.69, 9.17) is 16.9 Å². The Balaban J connectivity index is 1.78. The average Bonchev–Trinajstić information content (AvgIpc) is 2.58. The summed E-state index contributed by atoms with van der Waals surface area (Å²) in [5.41, 5.74) is 1.18. The van der Waals surface area contributed by atoms with Gasteiger partial charge in [0.15, 0.2) is 0 Å². The maximum absolute atomic E-state index is 11.8. The predicted octanol–water partition coefficient (Wildman–Crippen LogP) is 3.15. The van der Waals surface area contributed by atoms with Gasteiger partial charge in [0.1, 0.15) is 0 Å². The Morgan fingerprint density at radius 1 is 1.26 bits per heavy atom. The van der Waals surface area contributed by atoms with Crippen LogP contribution >= 0.6 is 23.4 Å². The number of carbonyl (C=O) groups is 1. The highest BCUT2D eigenvalue weighted by atomic mass is 35.5. The number of aliphatic hydroxyl groups is 1. The summed E-state index contributed by atoms with van der Waals surface area (Å²) in [4.78, 5) is 12.7. The van der Waals surface area contributed by atoms with Crippen molar-refractivity contribution < 1.29 is 9.90 Å². The first-order chi connectivity index (χ1) is 11.1. The fourth-order valence-electron chi connectivity index (χ4n) is 1.89. The van der Waals surface area contributed by atoms with E-state index in [1.165, 1.54) is 11.8 Å². The molecule has 1 amide bonds. The van der Waals surface area contributed by atoms with Crippen LogP contribution in [0.5, 0.6) is 0 Å². The molecular weight excluding hydrogens is 332 g/mol. The third kappa shape index (κ3) is 5.29. The maximum atomic E-state index is 11.8. The molecule has 0 aliphatic rings. The molecule has 0 aromatic heterocycles. The second kappa shape index (κ2) is 8.59. The third-order valence-corrected chi connectivity index (χ3v) is 4.47. The number of nitrogens with one attached hydrogen (secondary N) is 1. The molecule has 1 atom stereocenters. The van der Waals surface area contributed by atoms with Crippen LogP contribution in [-0.4, -0.2) is 23.3 Å². The zero-order valence-corrected chi connectivity index (χ0v) is 13.8. The molecule has 2 aromatic carbocycles. The van der Waals surface area contributed by atoms with Crippen LogP contribution in [0.1, 0.15) is 17.2 Å². The van der Waals surface area contributed by atoms with Gasteiger partial charge in [0.05, 0.1) is 23.5 Å². The van der Waals surface area contributed by atoms with Crippen LogP contribution in [0.3, 0.4) is 0 Å². The van der Waals surface area contributed by atoms with Gasteiger partial charge in [0.2, 0.25) is 5.91 Å². The number of benzene rings is 2. The van der Waals surface area contributed by atoms with Crippen LogP contribution in [0.25, 0.3) is 0 Å². The molecule has 0 bridgehead atoms. The van der Waals surface area contributed by atoms with E-state index in [0.717, 1.165) is 4.90 Å². The molecule has 0 heterocycles. The van der Waals surface area contributed by atoms with E-state index in [1.807, 2.05) is 6.07 Å². The van der Waals surface area contributed by atoms with Crippen LogP contribution in [-0.2, 0) is 4.79 Å². The number of nitriles is 1. The van der Waals surface area contributed by atoms with Gasteiger partial charge in [-0.15, -0.1) is 11.8 Å². The van der Waals surface area contributed by atoms with E-state index in [9.17, 15) is 9.90 Å². The highest BCUT2D eigenvalue weighted by Gasteiger charge is 2.12. The van der Waals surface area contributed by atoms with Gasteiger partial charge >= 0.3 is 0 Å². The van der Waals surface area contributed by atoms with Crippen molar-refractivity contribution in [3.8, 4) is 6.07 Å². The van der Waals surface area contributed by atoms with E-state index in [1.54, 1.807) is 48.5 Å². The lowest BCUT2D eigenvalue weighted by Crippen LogP contribution is -2.29. The number of hydrogen-bond donors (Lipinski definition) is 2. The van der Waals surface area contributed by atoms with Crippen molar-refractivity contribution >= 4 is 29.3 Å². The fraction of sp³-hybridized carbons (Fsp3) is 0.176. The summed E-state index contributed by atoms with van der Waals surface area (Å²) < 4.78 is 0. The van der Waals surface area contributed by atoms with Gasteiger partial charge in [0.25, 0.3) is 0 Å². The summed E-state index contributed by atoms with van der Waals surface area (Å²) in [5.74, 6) is 0.0617. The van der Waals surface area contributed by atoms with Gasteiger partial charge in [-0.05, 0) is 30.3 Å². The minimum absolute atomic E-state index is 0.108. The number of halogens is 1. The largest absolute Gasteiger partial charge is 0.387 e. The lowest BCUT2D eigenvalue weighted by molar-refractivity contribution is -0.119. The average molecular weight is 347 g/mol. The maximum Gasteiger partial charge on any atom is 0.230 e. The molecule has 0 aliphatic carbocycles. The minimum Gasteiger partial charge on any atom is -0.387 e. The Morgan fingerprint density at radius 2 is 1.96 bits per heavy atom. The number of thioether (sulfide) groups is 1. The van der Waals surface area contributed by atoms with Crippen molar-refractivity contribution in [2.24, 2.45) is 0 Å². The standard InChI is InChI=1S/C17H15ClN2O2S/c18-15-4-2-1-3-14(15)16(21)10-20-17(22)11-23-13-7-5-12(9-19)6-8-13/h1-8,16,21H,10-11H2,(H,20,22). The lowest BCUT2D eigenvalue weighted by Gasteiger charge is -2.13. The summed E-state index contributed by atoms with van der Waals surface area (Å²) in [6, 6.07) is 16.1. The molecule has 0 saturated heterocycles. The highest BCUT2D eigenvalue weighted by Crippen LogP contribution is 2.22. The third-order valence-electron chi connectivity index (χ3n) is 3.11. The quantitative estimate of drug-likeness (QED) is 0.788. The topological polar surface area (TPSA) is 73.1 Å². The van der Waals surface area contributed by atoms with E-state index < -0.39 is 6.10 Å². The molecule has 4 nitrogen and oxygen atoms in total. The van der Waals surface area contributed by atoms with Gasteiger partial charge < -0.3 is 10.4 Å². The van der Waals surface area contributed by atoms with E-state index in [-0.39, 0.29) is 18.2 Å². The monoisotopic (exact) mass is 346 g/mol. The number of rotatable bonds is 6. The minimum atomic E-state index is -0.840. The second-order valence-corrected chi connectivity index (χ2v) is 6.22. The van der Waals surface area contributed by atoms with Gasteiger partial charge in [-0.1, -0.05) is 29.8 Å². The van der Waals surface area contributed by atoms with Crippen LogP contribution in [0.4, 0.5) is 0 Å². The Kier molecular flexibility index (Phi) is 6.48. The molecule has 118 valence electrons. The molecule has 23 heavy (non-hydrogen) atoms. The molecular formula is C17H15ClN2O2S. The molecule has 2 rings (SSSR count). The Labute approximate surface area is 144 Å². The van der Waals surface area contributed by atoms with Crippen molar-refractivity contribution in [1.29, 1.82) is 5.26 Å². The molecule has 0 radical (unpaired) electrons. The molecule has 1 unspecified atom stereocenters. The van der Waals surface area contributed by atoms with Crippen LogP contribution in [0, 0.1) is 11.3 Å². The Morgan fingerprint density at radius 3 is 2.61 bits per heavy atom. The van der Waals surface area contributed by atoms with Gasteiger partial charge in [0, 0.05) is 22.0 Å². The molecule has 0 saturated carbocycles. The molecule has 0 spiro atoms. The summed E-state index contributed by atoms with van der Waals surface area (Å²) >= 11 is 7.37. The number of nitrogens with zero attached hydrogens (tertiary/aromatic N) is 1. The molecule has 2 N–H and O–H groups in total. The van der Waals surface area contributed by atoms with Gasteiger partial charge in [-0.2, -0.15) is 5.26 Å². The zero-order chi connectivity index (χ0) is 16.7. The molecule has 0 fully saturated rings. The SMILES string of the molecule is N#Cc1ccc(SCC(=O)NCC(O)c2ccccc2Cl)cc1. The van der Waals surface area contributed by atoms with Gasteiger partial charge in [-0.25, -0.2) is 0 Å². The summed E-state index contributed by atoms with van der Waals surface area (Å²) in [5, 5.41) is 21.9. The van der Waals surface area contributed by atoms with Crippen molar-refractivity contribution in [1.82, 2.24) is 5.32 Å². The predicted molar refractivity (Wildman–Crippen MR) is 91.3 cm³/mol. The molecule has 2 aromatic rings. The van der Waals surface area contributed by atoms with Crippen molar-refractivity contribution in [3.63, 3.8) is 0 Å². The van der Waals surface area contributed by atoms with E-state index in [2.05, 4.69) is 5.32 Å². The van der Waals surface area contributed by atoms with E-state index >= 15 is 0 Å². The second-order valence-electron chi connectivity index (χ2n) is 4.77. The fourth-order valence-corrected chi connectivity index (χ4v) is 2.88. The van der Waals surface area contributed by atoms with E-state index in [0.29, 0.717) is 16.1 Å². The molecule has 0 aliphatic heterocycles. The van der Waals surface area contributed by atoms with Crippen molar-refractivity contribution in [3.05, 3.63) is 64.7 Å².